The molecule has 0 radical (unpaired) electrons. The molecule has 1 aromatic rings. The Morgan fingerprint density at radius 3 is 2.71 bits per heavy atom. The molecule has 0 spiro atoms. The fourth-order valence-electron chi connectivity index (χ4n) is 1.34. The summed E-state index contributed by atoms with van der Waals surface area (Å²) in [4.78, 5) is 13.7. The number of thiophene rings is 1. The van der Waals surface area contributed by atoms with Crippen molar-refractivity contribution in [3.8, 4) is 0 Å². The van der Waals surface area contributed by atoms with E-state index < -0.39 is 0 Å². The van der Waals surface area contributed by atoms with Crippen LogP contribution in [-0.4, -0.2) is 39.3 Å². The largest absolute Gasteiger partial charge is 0.383 e. The number of rotatable bonds is 7. The van der Waals surface area contributed by atoms with Gasteiger partial charge in [-0.1, -0.05) is 0 Å². The van der Waals surface area contributed by atoms with Gasteiger partial charge >= 0.3 is 0 Å². The maximum Gasteiger partial charge on any atom is 0.261 e. The molecule has 4 nitrogen and oxygen atoms in total. The van der Waals surface area contributed by atoms with Crippen molar-refractivity contribution in [1.82, 2.24) is 10.6 Å². The molecule has 0 saturated carbocycles. The molecular weight excluding hydrogens is 236 g/mol. The van der Waals surface area contributed by atoms with Gasteiger partial charge in [-0.05, 0) is 25.5 Å². The molecule has 17 heavy (non-hydrogen) atoms. The summed E-state index contributed by atoms with van der Waals surface area (Å²) in [6.07, 6.45) is 0. The highest BCUT2D eigenvalue weighted by Gasteiger charge is 2.09. The third-order valence-corrected chi connectivity index (χ3v) is 3.61. The topological polar surface area (TPSA) is 50.4 Å². The average molecular weight is 256 g/mol. The first kappa shape index (κ1) is 14.2. The Bertz CT molecular complexity index is 344. The fraction of sp³-hybridized carbons (Fsp3) is 0.583. The monoisotopic (exact) mass is 256 g/mol. The van der Waals surface area contributed by atoms with Crippen LogP contribution in [0, 0.1) is 13.8 Å². The van der Waals surface area contributed by atoms with Gasteiger partial charge in [-0.15, -0.1) is 11.3 Å². The van der Waals surface area contributed by atoms with Crippen LogP contribution in [0.2, 0.25) is 0 Å². The lowest BCUT2D eigenvalue weighted by Gasteiger charge is -2.05. The second kappa shape index (κ2) is 7.42. The number of hydrogen-bond donors (Lipinski definition) is 2. The van der Waals surface area contributed by atoms with Gasteiger partial charge in [0.05, 0.1) is 11.5 Å². The number of carbonyl (C=O) groups excluding carboxylic acids is 1. The first-order valence-electron chi connectivity index (χ1n) is 5.70. The van der Waals surface area contributed by atoms with E-state index in [0.717, 1.165) is 18.0 Å². The van der Waals surface area contributed by atoms with Crippen molar-refractivity contribution in [2.45, 2.75) is 13.8 Å². The second-order valence-electron chi connectivity index (χ2n) is 3.85. The van der Waals surface area contributed by atoms with Crippen LogP contribution in [0.15, 0.2) is 6.07 Å². The highest BCUT2D eigenvalue weighted by Crippen LogP contribution is 2.20. The van der Waals surface area contributed by atoms with Crippen molar-refractivity contribution < 1.29 is 9.53 Å². The van der Waals surface area contributed by atoms with E-state index in [1.807, 2.05) is 19.9 Å². The third-order valence-electron chi connectivity index (χ3n) is 2.46. The minimum Gasteiger partial charge on any atom is -0.383 e. The molecule has 0 fully saturated rings. The lowest BCUT2D eigenvalue weighted by molar-refractivity contribution is 0.0957. The minimum absolute atomic E-state index is 0.0136. The first-order chi connectivity index (χ1) is 8.15. The van der Waals surface area contributed by atoms with E-state index in [1.54, 1.807) is 18.4 Å². The number of carbonyl (C=O) groups is 1. The summed E-state index contributed by atoms with van der Waals surface area (Å²) in [6, 6.07) is 1.94. The van der Waals surface area contributed by atoms with Gasteiger partial charge in [0.15, 0.2) is 0 Å². The average Bonchev–Trinajstić information content (AvgIpc) is 2.64. The number of methoxy groups -OCH3 is 1. The summed E-state index contributed by atoms with van der Waals surface area (Å²) < 4.78 is 4.91. The molecule has 1 amide bonds. The van der Waals surface area contributed by atoms with E-state index in [1.165, 1.54) is 10.4 Å². The summed E-state index contributed by atoms with van der Waals surface area (Å²) in [5.41, 5.74) is 1.18. The standard InChI is InChI=1S/C12H20N2O2S/c1-9-8-11(17-10(9)2)12(15)14-5-4-13-6-7-16-3/h8,13H,4-7H2,1-3H3,(H,14,15). The van der Waals surface area contributed by atoms with E-state index in [-0.39, 0.29) is 5.91 Å². The maximum absolute atomic E-state index is 11.7. The minimum atomic E-state index is 0.0136. The molecule has 1 heterocycles. The molecule has 5 heteroatoms. The van der Waals surface area contributed by atoms with Crippen LogP contribution in [0.3, 0.4) is 0 Å². The van der Waals surface area contributed by atoms with Crippen LogP contribution in [0.4, 0.5) is 0 Å². The van der Waals surface area contributed by atoms with Gasteiger partial charge in [0.2, 0.25) is 0 Å². The van der Waals surface area contributed by atoms with Crippen LogP contribution >= 0.6 is 11.3 Å². The molecule has 0 aromatic carbocycles. The van der Waals surface area contributed by atoms with Crippen molar-refractivity contribution >= 4 is 17.2 Å². The van der Waals surface area contributed by atoms with Gasteiger partial charge in [-0.2, -0.15) is 0 Å². The van der Waals surface area contributed by atoms with Gasteiger partial charge in [0.25, 0.3) is 5.91 Å². The quantitative estimate of drug-likeness (QED) is 0.724. The lowest BCUT2D eigenvalue weighted by atomic mass is 10.3. The molecule has 1 rings (SSSR count). The Hall–Kier alpha value is -0.910. The SMILES string of the molecule is COCCNCCNC(=O)c1cc(C)c(C)s1. The van der Waals surface area contributed by atoms with Gasteiger partial charge in [0, 0.05) is 31.6 Å². The van der Waals surface area contributed by atoms with Crippen LogP contribution in [-0.2, 0) is 4.74 Å². The van der Waals surface area contributed by atoms with Gasteiger partial charge in [-0.25, -0.2) is 0 Å². The van der Waals surface area contributed by atoms with Crippen molar-refractivity contribution in [3.63, 3.8) is 0 Å². The van der Waals surface area contributed by atoms with E-state index in [4.69, 9.17) is 4.74 Å². The molecule has 96 valence electrons. The van der Waals surface area contributed by atoms with Gasteiger partial charge < -0.3 is 15.4 Å². The zero-order valence-electron chi connectivity index (χ0n) is 10.6. The smallest absolute Gasteiger partial charge is 0.261 e. The molecule has 1 aromatic heterocycles. The highest BCUT2D eigenvalue weighted by molar-refractivity contribution is 7.14. The summed E-state index contributed by atoms with van der Waals surface area (Å²) in [7, 11) is 1.67. The van der Waals surface area contributed by atoms with E-state index in [9.17, 15) is 4.79 Å². The Kier molecular flexibility index (Phi) is 6.18. The molecule has 0 aliphatic heterocycles. The molecule has 0 atom stereocenters. The van der Waals surface area contributed by atoms with Crippen molar-refractivity contribution in [2.75, 3.05) is 33.4 Å². The summed E-state index contributed by atoms with van der Waals surface area (Å²) in [6.45, 7) is 6.95. The molecule has 2 N–H and O–H groups in total. The van der Waals surface area contributed by atoms with Crippen LogP contribution < -0.4 is 10.6 Å². The zero-order valence-corrected chi connectivity index (χ0v) is 11.4. The predicted molar refractivity (Wildman–Crippen MR) is 70.9 cm³/mol. The molecule has 0 aliphatic carbocycles. The van der Waals surface area contributed by atoms with Crippen LogP contribution in [0.1, 0.15) is 20.1 Å². The molecule has 0 unspecified atom stereocenters. The Balaban J connectivity index is 2.21. The van der Waals surface area contributed by atoms with E-state index in [0.29, 0.717) is 13.2 Å². The second-order valence-corrected chi connectivity index (χ2v) is 5.10. The van der Waals surface area contributed by atoms with Crippen LogP contribution in [0.5, 0.6) is 0 Å². The van der Waals surface area contributed by atoms with E-state index >= 15 is 0 Å². The van der Waals surface area contributed by atoms with Gasteiger partial charge in [-0.3, -0.25) is 4.79 Å². The van der Waals surface area contributed by atoms with Crippen LogP contribution in [0.25, 0.3) is 0 Å². The van der Waals surface area contributed by atoms with E-state index in [2.05, 4.69) is 10.6 Å². The molecule has 0 saturated heterocycles. The zero-order chi connectivity index (χ0) is 12.7. The number of ether oxygens (including phenoxy) is 1. The molecular formula is C12H20N2O2S. The Morgan fingerprint density at radius 2 is 2.12 bits per heavy atom. The number of hydrogen-bond acceptors (Lipinski definition) is 4. The van der Waals surface area contributed by atoms with Crippen molar-refractivity contribution in [1.29, 1.82) is 0 Å². The van der Waals surface area contributed by atoms with Crippen molar-refractivity contribution in [2.24, 2.45) is 0 Å². The van der Waals surface area contributed by atoms with Crippen molar-refractivity contribution in [3.05, 3.63) is 21.4 Å². The van der Waals surface area contributed by atoms with Gasteiger partial charge in [0.1, 0.15) is 0 Å². The first-order valence-corrected chi connectivity index (χ1v) is 6.51. The fourth-order valence-corrected chi connectivity index (χ4v) is 2.29. The number of amides is 1. The summed E-state index contributed by atoms with van der Waals surface area (Å²) >= 11 is 1.54. The normalized spacial score (nSPS) is 10.5. The number of aryl methyl sites for hydroxylation is 2. The highest BCUT2D eigenvalue weighted by atomic mass is 32.1. The molecule has 0 aliphatic rings. The number of nitrogens with one attached hydrogen (secondary N) is 2. The lowest BCUT2D eigenvalue weighted by Crippen LogP contribution is -2.32. The third kappa shape index (κ3) is 4.85. The Labute approximate surface area is 106 Å². The maximum atomic E-state index is 11.7. The Morgan fingerprint density at radius 1 is 1.35 bits per heavy atom. The predicted octanol–water partition coefficient (Wildman–Crippen LogP) is 1.33. The molecule has 0 bridgehead atoms. The summed E-state index contributed by atoms with van der Waals surface area (Å²) in [5, 5.41) is 6.06. The summed E-state index contributed by atoms with van der Waals surface area (Å²) in [5.74, 6) is 0.0136.